The maximum Gasteiger partial charge on any atom is 0.269 e. The van der Waals surface area contributed by atoms with E-state index in [9.17, 15) is 10.1 Å². The summed E-state index contributed by atoms with van der Waals surface area (Å²) in [6.07, 6.45) is 15.7. The molecule has 1 aliphatic rings. The van der Waals surface area contributed by atoms with Gasteiger partial charge in [-0.2, -0.15) is 5.06 Å². The fraction of sp³-hybridized carbons (Fsp3) is 0.909. The Labute approximate surface area is 166 Å². The normalized spacial score (nSPS) is 20.0. The van der Waals surface area contributed by atoms with Crippen molar-refractivity contribution in [3.05, 3.63) is 21.9 Å². The largest absolute Gasteiger partial charge is 0.287 e. The number of nitrogens with zero attached hydrogens (tertiary/aromatic N) is 2. The lowest BCUT2D eigenvalue weighted by molar-refractivity contribution is -0.438. The Hall–Kier alpha value is -0.940. The second kappa shape index (κ2) is 11.8. The number of unbranched alkanes of at least 4 members (excludes halogenated alkanes) is 8. The fourth-order valence-corrected chi connectivity index (χ4v) is 4.19. The van der Waals surface area contributed by atoms with Gasteiger partial charge in [0.1, 0.15) is 0 Å². The highest BCUT2D eigenvalue weighted by molar-refractivity contribution is 4.95. The minimum Gasteiger partial charge on any atom is -0.287 e. The lowest BCUT2D eigenvalue weighted by Crippen LogP contribution is -2.58. The van der Waals surface area contributed by atoms with Crippen LogP contribution in [0.3, 0.4) is 0 Å². The minimum absolute atomic E-state index is 0.0525. The van der Waals surface area contributed by atoms with Crippen molar-refractivity contribution in [3.63, 3.8) is 0 Å². The van der Waals surface area contributed by atoms with Gasteiger partial charge in [0, 0.05) is 11.1 Å². The highest BCUT2D eigenvalue weighted by Crippen LogP contribution is 2.38. The Kier molecular flexibility index (Phi) is 10.5. The smallest absolute Gasteiger partial charge is 0.269 e. The van der Waals surface area contributed by atoms with Crippen LogP contribution in [0.15, 0.2) is 11.8 Å². The number of rotatable bonds is 13. The third-order valence-electron chi connectivity index (χ3n) is 5.69. The maximum atomic E-state index is 11.4. The van der Waals surface area contributed by atoms with Crippen LogP contribution in [0.1, 0.15) is 112 Å². The predicted molar refractivity (Wildman–Crippen MR) is 112 cm³/mol. The number of piperidine rings is 1. The molecule has 0 aromatic heterocycles. The molecule has 1 aliphatic heterocycles. The summed E-state index contributed by atoms with van der Waals surface area (Å²) in [6, 6.07) is 0. The standard InChI is InChI=1S/C22H42N2O3/c1-6-7-8-9-10-11-12-13-14-16-20(23(25)26)19-27-24-21(2,3)17-15-18-22(24,4)5/h16H,6-15,17-19H2,1-5H3/b20-16+. The van der Waals surface area contributed by atoms with Gasteiger partial charge in [-0.3, -0.25) is 15.0 Å². The SMILES string of the molecule is CCCCCCCCCC/C=C(\CON1C(C)(C)CCCC1(C)C)[N+](=O)[O-]. The van der Waals surface area contributed by atoms with Gasteiger partial charge in [-0.05, 0) is 65.9 Å². The van der Waals surface area contributed by atoms with Gasteiger partial charge >= 0.3 is 0 Å². The molecule has 5 heteroatoms. The minimum atomic E-state index is -0.283. The van der Waals surface area contributed by atoms with E-state index in [1.165, 1.54) is 38.5 Å². The Morgan fingerprint density at radius 2 is 1.52 bits per heavy atom. The van der Waals surface area contributed by atoms with Gasteiger partial charge in [0.05, 0.1) is 4.92 Å². The molecule has 0 saturated carbocycles. The molecule has 1 heterocycles. The first-order valence-electron chi connectivity index (χ1n) is 11.0. The summed E-state index contributed by atoms with van der Waals surface area (Å²) in [4.78, 5) is 17.1. The summed E-state index contributed by atoms with van der Waals surface area (Å²) in [5.74, 6) is 0. The third kappa shape index (κ3) is 8.73. The van der Waals surface area contributed by atoms with E-state index in [2.05, 4.69) is 34.6 Å². The molecule has 1 rings (SSSR count). The topological polar surface area (TPSA) is 55.6 Å². The van der Waals surface area contributed by atoms with Crippen molar-refractivity contribution >= 4 is 0 Å². The Bertz CT molecular complexity index is 456. The third-order valence-corrected chi connectivity index (χ3v) is 5.69. The molecule has 0 amide bonds. The number of nitro groups is 1. The molecule has 0 aliphatic carbocycles. The zero-order valence-electron chi connectivity index (χ0n) is 18.4. The van der Waals surface area contributed by atoms with Crippen molar-refractivity contribution in [2.75, 3.05) is 6.61 Å². The van der Waals surface area contributed by atoms with Gasteiger partial charge < -0.3 is 0 Å². The first-order valence-corrected chi connectivity index (χ1v) is 11.0. The number of allylic oxidation sites excluding steroid dienone is 1. The first kappa shape index (κ1) is 24.1. The number of hydrogen-bond donors (Lipinski definition) is 0. The molecular weight excluding hydrogens is 340 g/mol. The monoisotopic (exact) mass is 382 g/mol. The molecule has 0 radical (unpaired) electrons. The number of hydrogen-bond acceptors (Lipinski definition) is 4. The first-order chi connectivity index (χ1) is 12.7. The quantitative estimate of drug-likeness (QED) is 0.203. The van der Waals surface area contributed by atoms with Crippen LogP contribution < -0.4 is 0 Å². The molecule has 0 unspecified atom stereocenters. The summed E-state index contributed by atoms with van der Waals surface area (Å²) < 4.78 is 0. The lowest BCUT2D eigenvalue weighted by Gasteiger charge is -2.51. The van der Waals surface area contributed by atoms with E-state index in [0.717, 1.165) is 38.5 Å². The second-order valence-electron chi connectivity index (χ2n) is 9.26. The second-order valence-corrected chi connectivity index (χ2v) is 9.26. The van der Waals surface area contributed by atoms with Crippen molar-refractivity contribution in [2.24, 2.45) is 0 Å². The molecule has 1 saturated heterocycles. The lowest BCUT2D eigenvalue weighted by atomic mass is 9.82. The van der Waals surface area contributed by atoms with Gasteiger partial charge in [0.2, 0.25) is 0 Å². The van der Waals surface area contributed by atoms with E-state index >= 15 is 0 Å². The van der Waals surface area contributed by atoms with Crippen molar-refractivity contribution in [1.82, 2.24) is 5.06 Å². The molecule has 0 N–H and O–H groups in total. The zero-order valence-corrected chi connectivity index (χ0v) is 18.4. The maximum absolute atomic E-state index is 11.4. The van der Waals surface area contributed by atoms with Crippen LogP contribution in [0.2, 0.25) is 0 Å². The van der Waals surface area contributed by atoms with E-state index in [1.807, 2.05) is 5.06 Å². The van der Waals surface area contributed by atoms with Crippen molar-refractivity contribution in [3.8, 4) is 0 Å². The van der Waals surface area contributed by atoms with Crippen molar-refractivity contribution in [1.29, 1.82) is 0 Å². The summed E-state index contributed by atoms with van der Waals surface area (Å²) >= 11 is 0. The molecule has 1 fully saturated rings. The Morgan fingerprint density at radius 3 is 2.04 bits per heavy atom. The predicted octanol–water partition coefficient (Wildman–Crippen LogP) is 6.65. The van der Waals surface area contributed by atoms with Crippen LogP contribution in [0.25, 0.3) is 0 Å². The molecular formula is C22H42N2O3. The zero-order chi connectivity index (χ0) is 20.3. The van der Waals surface area contributed by atoms with E-state index in [4.69, 9.17) is 4.84 Å². The average Bonchev–Trinajstić information content (AvgIpc) is 2.56. The highest BCUT2D eigenvalue weighted by Gasteiger charge is 2.42. The summed E-state index contributed by atoms with van der Waals surface area (Å²) in [6.45, 7) is 10.9. The van der Waals surface area contributed by atoms with Gasteiger partial charge in [0.15, 0.2) is 6.61 Å². The van der Waals surface area contributed by atoms with Crippen LogP contribution in [0.5, 0.6) is 0 Å². The molecule has 158 valence electrons. The average molecular weight is 383 g/mol. The molecule has 5 nitrogen and oxygen atoms in total. The molecule has 0 bridgehead atoms. The van der Waals surface area contributed by atoms with Crippen LogP contribution in [0, 0.1) is 10.1 Å². The van der Waals surface area contributed by atoms with E-state index in [0.29, 0.717) is 0 Å². The molecule has 0 atom stereocenters. The fourth-order valence-electron chi connectivity index (χ4n) is 4.19. The van der Waals surface area contributed by atoms with E-state index in [1.54, 1.807) is 6.08 Å². The summed E-state index contributed by atoms with van der Waals surface area (Å²) in [5.41, 5.74) is -0.00207. The van der Waals surface area contributed by atoms with Crippen LogP contribution in [-0.2, 0) is 4.84 Å². The Balaban J connectivity index is 2.40. The van der Waals surface area contributed by atoms with Crippen molar-refractivity contribution < 1.29 is 9.76 Å². The number of hydroxylamine groups is 2. The van der Waals surface area contributed by atoms with Gasteiger partial charge in [-0.15, -0.1) is 0 Å². The summed E-state index contributed by atoms with van der Waals surface area (Å²) in [5, 5.41) is 13.4. The van der Waals surface area contributed by atoms with Gasteiger partial charge in [-0.1, -0.05) is 51.9 Å². The molecule has 0 spiro atoms. The van der Waals surface area contributed by atoms with Gasteiger partial charge in [-0.25, -0.2) is 0 Å². The van der Waals surface area contributed by atoms with Gasteiger partial charge in [0.25, 0.3) is 5.70 Å². The molecule has 27 heavy (non-hydrogen) atoms. The molecule has 0 aromatic rings. The highest BCUT2D eigenvalue weighted by atomic mass is 16.7. The van der Waals surface area contributed by atoms with Crippen molar-refractivity contribution in [2.45, 2.75) is 123 Å². The van der Waals surface area contributed by atoms with E-state index < -0.39 is 0 Å². The van der Waals surface area contributed by atoms with Crippen LogP contribution >= 0.6 is 0 Å². The Morgan fingerprint density at radius 1 is 1.00 bits per heavy atom. The van der Waals surface area contributed by atoms with E-state index in [-0.39, 0.29) is 28.3 Å². The summed E-state index contributed by atoms with van der Waals surface area (Å²) in [7, 11) is 0. The molecule has 0 aromatic carbocycles. The van der Waals surface area contributed by atoms with Crippen LogP contribution in [0.4, 0.5) is 0 Å². The van der Waals surface area contributed by atoms with Crippen LogP contribution in [-0.4, -0.2) is 27.7 Å².